The van der Waals surface area contributed by atoms with Crippen LogP contribution in [0.5, 0.6) is 11.5 Å². The number of nitroso groups, excluding NO2 is 1. The van der Waals surface area contributed by atoms with Crippen LogP contribution in [-0.4, -0.2) is 12.5 Å². The minimum atomic E-state index is -0.839. The van der Waals surface area contributed by atoms with Crippen molar-refractivity contribution in [1.82, 2.24) is 0 Å². The molecule has 2 aromatic carbocycles. The minimum Gasteiger partial charge on any atom is -0.489 e. The van der Waals surface area contributed by atoms with Gasteiger partial charge in [0.1, 0.15) is 18.1 Å². The first kappa shape index (κ1) is 13.7. The van der Waals surface area contributed by atoms with E-state index in [0.29, 0.717) is 18.1 Å². The summed E-state index contributed by atoms with van der Waals surface area (Å²) in [5.74, 6) is 0.338. The third-order valence-electron chi connectivity index (χ3n) is 2.54. The number of rotatable bonds is 6. The van der Waals surface area contributed by atoms with Crippen molar-refractivity contribution in [2.75, 3.05) is 6.61 Å². The Morgan fingerprint density at radius 2 is 1.50 bits per heavy atom. The third kappa shape index (κ3) is 4.20. The average Bonchev–Trinajstić information content (AvgIpc) is 2.52. The molecule has 0 aliphatic carbocycles. The topological polar surface area (TPSA) is 65.0 Å². The molecule has 2 aromatic rings. The van der Waals surface area contributed by atoms with E-state index in [1.165, 1.54) is 0 Å². The Hall–Kier alpha value is -2.69. The SMILES string of the molecule is O=NC(=O)COc1ccc(OCc2ccccc2)cc1. The zero-order valence-electron chi connectivity index (χ0n) is 10.7. The number of carbonyl (C=O) groups excluding carboxylic acids is 1. The molecule has 0 aliphatic heterocycles. The second kappa shape index (κ2) is 7.04. The summed E-state index contributed by atoms with van der Waals surface area (Å²) < 4.78 is 10.7. The van der Waals surface area contributed by atoms with E-state index in [2.05, 4.69) is 5.18 Å². The molecule has 0 unspecified atom stereocenters. The molecule has 0 saturated carbocycles. The number of hydrogen-bond donors (Lipinski definition) is 0. The van der Waals surface area contributed by atoms with Crippen LogP contribution in [0.3, 0.4) is 0 Å². The van der Waals surface area contributed by atoms with Crippen LogP contribution in [0.2, 0.25) is 0 Å². The molecular formula is C15H13NO4. The largest absolute Gasteiger partial charge is 0.489 e. The van der Waals surface area contributed by atoms with Crippen LogP contribution in [0.1, 0.15) is 5.56 Å². The van der Waals surface area contributed by atoms with E-state index < -0.39 is 5.91 Å². The number of amides is 1. The van der Waals surface area contributed by atoms with Crippen LogP contribution in [0.15, 0.2) is 59.8 Å². The van der Waals surface area contributed by atoms with Gasteiger partial charge in [-0.3, -0.25) is 4.79 Å². The second-order valence-electron chi connectivity index (χ2n) is 4.02. The summed E-state index contributed by atoms with van der Waals surface area (Å²) in [7, 11) is 0. The Morgan fingerprint density at radius 1 is 0.900 bits per heavy atom. The molecule has 0 fully saturated rings. The standard InChI is InChI=1S/C15H13NO4/c17-15(16-18)11-20-14-8-6-13(7-9-14)19-10-12-4-2-1-3-5-12/h1-9H,10-11H2. The van der Waals surface area contributed by atoms with Crippen LogP contribution in [0.25, 0.3) is 0 Å². The highest BCUT2D eigenvalue weighted by molar-refractivity contribution is 5.78. The summed E-state index contributed by atoms with van der Waals surface area (Å²) in [6.07, 6.45) is 0. The predicted molar refractivity (Wildman–Crippen MR) is 73.5 cm³/mol. The maximum absolute atomic E-state index is 10.7. The molecule has 20 heavy (non-hydrogen) atoms. The van der Waals surface area contributed by atoms with Crippen molar-refractivity contribution >= 4 is 5.91 Å². The lowest BCUT2D eigenvalue weighted by Crippen LogP contribution is -2.07. The van der Waals surface area contributed by atoms with Crippen molar-refractivity contribution in [2.24, 2.45) is 5.18 Å². The second-order valence-corrected chi connectivity index (χ2v) is 4.02. The lowest BCUT2D eigenvalue weighted by atomic mass is 10.2. The van der Waals surface area contributed by atoms with Gasteiger partial charge in [0.15, 0.2) is 6.61 Å². The fourth-order valence-corrected chi connectivity index (χ4v) is 1.54. The van der Waals surface area contributed by atoms with Gasteiger partial charge in [-0.15, -0.1) is 4.91 Å². The lowest BCUT2D eigenvalue weighted by molar-refractivity contribution is -0.119. The molecule has 0 bridgehead atoms. The third-order valence-corrected chi connectivity index (χ3v) is 2.54. The number of hydrogen-bond acceptors (Lipinski definition) is 4. The summed E-state index contributed by atoms with van der Waals surface area (Å²) in [6.45, 7) is 0.127. The molecule has 2 rings (SSSR count). The number of carbonyl (C=O) groups is 1. The highest BCUT2D eigenvalue weighted by Gasteiger charge is 2.02. The molecule has 0 heterocycles. The van der Waals surface area contributed by atoms with Gasteiger partial charge in [-0.25, -0.2) is 0 Å². The van der Waals surface area contributed by atoms with Gasteiger partial charge < -0.3 is 9.47 Å². The molecule has 0 atom stereocenters. The van der Waals surface area contributed by atoms with Crippen molar-refractivity contribution in [3.05, 3.63) is 65.1 Å². The summed E-state index contributed by atoms with van der Waals surface area (Å²) in [6, 6.07) is 16.6. The van der Waals surface area contributed by atoms with Crippen molar-refractivity contribution in [3.63, 3.8) is 0 Å². The maximum atomic E-state index is 10.7. The van der Waals surface area contributed by atoms with Crippen LogP contribution in [-0.2, 0) is 11.4 Å². The highest BCUT2D eigenvalue weighted by atomic mass is 16.5. The summed E-state index contributed by atoms with van der Waals surface area (Å²) in [4.78, 5) is 20.6. The van der Waals surface area contributed by atoms with Crippen molar-refractivity contribution in [2.45, 2.75) is 6.61 Å². The molecular weight excluding hydrogens is 258 g/mol. The van der Waals surface area contributed by atoms with Gasteiger partial charge in [-0.1, -0.05) is 30.3 Å². The van der Waals surface area contributed by atoms with Crippen LogP contribution in [0.4, 0.5) is 0 Å². The van der Waals surface area contributed by atoms with Crippen LogP contribution >= 0.6 is 0 Å². The maximum Gasteiger partial charge on any atom is 0.323 e. The number of benzene rings is 2. The van der Waals surface area contributed by atoms with E-state index in [1.54, 1.807) is 24.3 Å². The Bertz CT molecular complexity index is 566. The molecule has 0 radical (unpaired) electrons. The Labute approximate surface area is 116 Å². The smallest absolute Gasteiger partial charge is 0.323 e. The van der Waals surface area contributed by atoms with Gasteiger partial charge in [-0.05, 0) is 29.8 Å². The van der Waals surface area contributed by atoms with Gasteiger partial charge in [0, 0.05) is 5.18 Å². The fourth-order valence-electron chi connectivity index (χ4n) is 1.54. The fraction of sp³-hybridized carbons (Fsp3) is 0.133. The quantitative estimate of drug-likeness (QED) is 0.758. The summed E-state index contributed by atoms with van der Waals surface area (Å²) >= 11 is 0. The average molecular weight is 271 g/mol. The zero-order valence-corrected chi connectivity index (χ0v) is 10.7. The minimum absolute atomic E-state index is 0.353. The predicted octanol–water partition coefficient (Wildman–Crippen LogP) is 2.94. The van der Waals surface area contributed by atoms with Gasteiger partial charge in [0.05, 0.1) is 0 Å². The van der Waals surface area contributed by atoms with E-state index in [0.717, 1.165) is 5.56 Å². The van der Waals surface area contributed by atoms with Gasteiger partial charge in [0.25, 0.3) is 0 Å². The Morgan fingerprint density at radius 3 is 2.10 bits per heavy atom. The molecule has 5 heteroatoms. The van der Waals surface area contributed by atoms with Crippen molar-refractivity contribution < 1.29 is 14.3 Å². The Balaban J connectivity index is 1.85. The molecule has 0 saturated heterocycles. The normalized spacial score (nSPS) is 9.80. The van der Waals surface area contributed by atoms with Crippen molar-refractivity contribution in [3.8, 4) is 11.5 Å². The van der Waals surface area contributed by atoms with E-state index in [-0.39, 0.29) is 6.61 Å². The van der Waals surface area contributed by atoms with E-state index >= 15 is 0 Å². The number of ether oxygens (including phenoxy) is 2. The van der Waals surface area contributed by atoms with Crippen LogP contribution in [0, 0.1) is 4.91 Å². The molecule has 0 aromatic heterocycles. The number of nitrogens with zero attached hydrogens (tertiary/aromatic N) is 1. The molecule has 1 amide bonds. The summed E-state index contributed by atoms with van der Waals surface area (Å²) in [5, 5.41) is 2.25. The first-order valence-corrected chi connectivity index (χ1v) is 6.04. The van der Waals surface area contributed by atoms with Crippen molar-refractivity contribution in [1.29, 1.82) is 0 Å². The van der Waals surface area contributed by atoms with Crippen LogP contribution < -0.4 is 9.47 Å². The van der Waals surface area contributed by atoms with E-state index in [1.807, 2.05) is 30.3 Å². The molecule has 0 aliphatic rings. The van der Waals surface area contributed by atoms with Gasteiger partial charge >= 0.3 is 5.91 Å². The van der Waals surface area contributed by atoms with E-state index in [4.69, 9.17) is 9.47 Å². The first-order valence-electron chi connectivity index (χ1n) is 6.04. The van der Waals surface area contributed by atoms with Gasteiger partial charge in [-0.2, -0.15) is 0 Å². The zero-order chi connectivity index (χ0) is 14.2. The lowest BCUT2D eigenvalue weighted by Gasteiger charge is -2.07. The molecule has 0 N–H and O–H groups in total. The van der Waals surface area contributed by atoms with Gasteiger partial charge in [0.2, 0.25) is 0 Å². The first-order chi connectivity index (χ1) is 9.78. The molecule has 0 spiro atoms. The molecule has 5 nitrogen and oxygen atoms in total. The Kier molecular flexibility index (Phi) is 4.83. The van der Waals surface area contributed by atoms with E-state index in [9.17, 15) is 9.70 Å². The highest BCUT2D eigenvalue weighted by Crippen LogP contribution is 2.18. The summed E-state index contributed by atoms with van der Waals surface area (Å²) in [5.41, 5.74) is 1.08. The molecule has 102 valence electrons. The monoisotopic (exact) mass is 271 g/mol.